The second kappa shape index (κ2) is 6.24. The third-order valence-electron chi connectivity index (χ3n) is 6.29. The summed E-state index contributed by atoms with van der Waals surface area (Å²) >= 11 is 0. The fraction of sp³-hybridized carbons (Fsp3) is 0.143. The van der Waals surface area contributed by atoms with E-state index in [9.17, 15) is 0 Å². The highest BCUT2D eigenvalue weighted by atomic mass is 16.3. The number of fused-ring (bicyclic) bond motifs is 6. The van der Waals surface area contributed by atoms with E-state index in [1.165, 1.54) is 54.8 Å². The van der Waals surface area contributed by atoms with Crippen LogP contribution in [0.5, 0.6) is 0 Å². The van der Waals surface area contributed by atoms with E-state index in [2.05, 4.69) is 98.1 Å². The van der Waals surface area contributed by atoms with E-state index in [-0.39, 0.29) is 0 Å². The first-order chi connectivity index (χ1) is 14.6. The molecule has 0 saturated heterocycles. The molecule has 0 atom stereocenters. The summed E-state index contributed by atoms with van der Waals surface area (Å²) in [5.41, 5.74) is 9.50. The Morgan fingerprint density at radius 2 is 1.10 bits per heavy atom. The van der Waals surface area contributed by atoms with E-state index in [4.69, 9.17) is 4.42 Å². The van der Waals surface area contributed by atoms with Crippen molar-refractivity contribution in [2.75, 3.05) is 0 Å². The number of hydrogen-bond acceptors (Lipinski definition) is 1. The average Bonchev–Trinajstić information content (AvgIpc) is 3.27. The maximum Gasteiger partial charge on any atom is 0.135 e. The molecular formula is C28H23NO. The summed E-state index contributed by atoms with van der Waals surface area (Å²) in [6, 6.07) is 26.5. The van der Waals surface area contributed by atoms with Gasteiger partial charge in [-0.3, -0.25) is 0 Å². The van der Waals surface area contributed by atoms with Crippen LogP contribution in [-0.4, -0.2) is 4.57 Å². The number of rotatable bonds is 2. The zero-order chi connectivity index (χ0) is 20.4. The van der Waals surface area contributed by atoms with Gasteiger partial charge in [-0.15, -0.1) is 0 Å². The Labute approximate surface area is 175 Å². The molecule has 146 valence electrons. The summed E-state index contributed by atoms with van der Waals surface area (Å²) in [6.07, 6.45) is 0. The highest BCUT2D eigenvalue weighted by Crippen LogP contribution is 2.36. The van der Waals surface area contributed by atoms with Gasteiger partial charge in [0.1, 0.15) is 11.2 Å². The zero-order valence-corrected chi connectivity index (χ0v) is 17.5. The molecule has 2 heteroatoms. The molecule has 0 spiro atoms. The topological polar surface area (TPSA) is 18.1 Å². The van der Waals surface area contributed by atoms with Crippen molar-refractivity contribution in [3.63, 3.8) is 0 Å². The van der Waals surface area contributed by atoms with Crippen molar-refractivity contribution in [3.05, 3.63) is 83.9 Å². The molecular weight excluding hydrogens is 366 g/mol. The van der Waals surface area contributed by atoms with Gasteiger partial charge >= 0.3 is 0 Å². The largest absolute Gasteiger partial charge is 0.456 e. The lowest BCUT2D eigenvalue weighted by molar-refractivity contribution is 0.669. The minimum atomic E-state index is 0.943. The molecule has 4 aromatic carbocycles. The van der Waals surface area contributed by atoms with Crippen molar-refractivity contribution in [2.24, 2.45) is 0 Å². The van der Waals surface area contributed by atoms with Gasteiger partial charge in [-0.2, -0.15) is 0 Å². The van der Waals surface area contributed by atoms with Gasteiger partial charge in [0.05, 0.1) is 0 Å². The molecule has 0 aliphatic carbocycles. The average molecular weight is 389 g/mol. The number of nitrogens with zero attached hydrogens (tertiary/aromatic N) is 1. The summed E-state index contributed by atoms with van der Waals surface area (Å²) in [4.78, 5) is 0. The van der Waals surface area contributed by atoms with Crippen LogP contribution in [0.4, 0.5) is 0 Å². The molecule has 2 heterocycles. The van der Waals surface area contributed by atoms with Gasteiger partial charge in [-0.1, -0.05) is 35.4 Å². The maximum atomic E-state index is 6.05. The molecule has 0 fully saturated rings. The fourth-order valence-corrected chi connectivity index (χ4v) is 4.81. The van der Waals surface area contributed by atoms with Crippen LogP contribution in [0.3, 0.4) is 0 Å². The normalized spacial score (nSPS) is 12.0. The van der Waals surface area contributed by atoms with Crippen molar-refractivity contribution in [1.29, 1.82) is 0 Å². The molecule has 0 N–H and O–H groups in total. The molecule has 0 aliphatic heterocycles. The minimum absolute atomic E-state index is 0.943. The Morgan fingerprint density at radius 3 is 1.83 bits per heavy atom. The van der Waals surface area contributed by atoms with Gasteiger partial charge in [-0.05, 0) is 80.4 Å². The molecule has 2 nitrogen and oxygen atoms in total. The van der Waals surface area contributed by atoms with Crippen LogP contribution in [-0.2, 0) is 6.54 Å². The summed E-state index contributed by atoms with van der Waals surface area (Å²) in [6.45, 7) is 7.47. The third-order valence-corrected chi connectivity index (χ3v) is 6.29. The summed E-state index contributed by atoms with van der Waals surface area (Å²) < 4.78 is 8.46. The van der Waals surface area contributed by atoms with Gasteiger partial charge in [0, 0.05) is 39.1 Å². The van der Waals surface area contributed by atoms with Crippen LogP contribution in [0, 0.1) is 13.8 Å². The van der Waals surface area contributed by atoms with Crippen LogP contribution < -0.4 is 0 Å². The number of hydrogen-bond donors (Lipinski definition) is 0. The maximum absolute atomic E-state index is 6.05. The first kappa shape index (κ1) is 17.3. The SMILES string of the molecule is CCn1c2ccc(C)cc2c2cc(-c3ccc4oc5ccc(C)cc5c4c3)ccc21. The predicted octanol–water partition coefficient (Wildman–Crippen LogP) is 8.00. The molecule has 0 amide bonds. The van der Waals surface area contributed by atoms with Gasteiger partial charge in [0.25, 0.3) is 0 Å². The van der Waals surface area contributed by atoms with Crippen molar-refractivity contribution in [3.8, 4) is 11.1 Å². The molecule has 0 unspecified atom stereocenters. The Kier molecular flexibility index (Phi) is 3.61. The van der Waals surface area contributed by atoms with Crippen LogP contribution >= 0.6 is 0 Å². The molecule has 2 aromatic heterocycles. The van der Waals surface area contributed by atoms with Crippen molar-refractivity contribution in [1.82, 2.24) is 4.57 Å². The molecule has 6 rings (SSSR count). The van der Waals surface area contributed by atoms with E-state index in [1.807, 2.05) is 0 Å². The van der Waals surface area contributed by atoms with Gasteiger partial charge in [-0.25, -0.2) is 0 Å². The standard InChI is InChI=1S/C28H23NO/c1-4-29-25-9-5-17(2)13-21(25)22-15-19(7-10-26(22)29)20-8-12-28-24(16-20)23-14-18(3)6-11-27(23)30-28/h5-16H,4H2,1-3H3. The van der Waals surface area contributed by atoms with E-state index >= 15 is 0 Å². The predicted molar refractivity (Wildman–Crippen MR) is 127 cm³/mol. The van der Waals surface area contributed by atoms with E-state index < -0.39 is 0 Å². The molecule has 0 aliphatic rings. The summed E-state index contributed by atoms with van der Waals surface area (Å²) in [5.74, 6) is 0. The van der Waals surface area contributed by atoms with E-state index in [1.54, 1.807) is 0 Å². The number of benzene rings is 4. The molecule has 0 saturated carbocycles. The quantitative estimate of drug-likeness (QED) is 0.293. The fourth-order valence-electron chi connectivity index (χ4n) is 4.81. The van der Waals surface area contributed by atoms with Crippen LogP contribution in [0.1, 0.15) is 18.1 Å². The van der Waals surface area contributed by atoms with E-state index in [0.717, 1.165) is 17.7 Å². The number of aromatic nitrogens is 1. The summed E-state index contributed by atoms with van der Waals surface area (Å²) in [7, 11) is 0. The minimum Gasteiger partial charge on any atom is -0.456 e. The molecule has 30 heavy (non-hydrogen) atoms. The number of furan rings is 1. The molecule has 6 aromatic rings. The Balaban J connectivity index is 1.61. The lowest BCUT2D eigenvalue weighted by Crippen LogP contribution is -1.92. The summed E-state index contributed by atoms with van der Waals surface area (Å²) in [5, 5.41) is 5.02. The molecule has 0 radical (unpaired) electrons. The van der Waals surface area contributed by atoms with Gasteiger partial charge in [0.15, 0.2) is 0 Å². The Bertz CT molecular complexity index is 1600. The van der Waals surface area contributed by atoms with Crippen molar-refractivity contribution >= 4 is 43.7 Å². The Hall–Kier alpha value is -3.52. The van der Waals surface area contributed by atoms with Crippen LogP contribution in [0.15, 0.2) is 77.2 Å². The molecule has 0 bridgehead atoms. The second-order valence-electron chi connectivity index (χ2n) is 8.31. The van der Waals surface area contributed by atoms with Crippen molar-refractivity contribution < 1.29 is 4.42 Å². The van der Waals surface area contributed by atoms with E-state index in [0.29, 0.717) is 0 Å². The first-order valence-electron chi connectivity index (χ1n) is 10.6. The van der Waals surface area contributed by atoms with Gasteiger partial charge < -0.3 is 8.98 Å². The Morgan fingerprint density at radius 1 is 0.600 bits per heavy atom. The first-order valence-corrected chi connectivity index (χ1v) is 10.6. The van der Waals surface area contributed by atoms with Crippen LogP contribution in [0.2, 0.25) is 0 Å². The highest BCUT2D eigenvalue weighted by molar-refractivity contribution is 6.10. The number of aryl methyl sites for hydroxylation is 3. The smallest absolute Gasteiger partial charge is 0.135 e. The van der Waals surface area contributed by atoms with Crippen molar-refractivity contribution in [2.45, 2.75) is 27.3 Å². The monoisotopic (exact) mass is 389 g/mol. The van der Waals surface area contributed by atoms with Crippen LogP contribution in [0.25, 0.3) is 54.9 Å². The van der Waals surface area contributed by atoms with Gasteiger partial charge in [0.2, 0.25) is 0 Å². The second-order valence-corrected chi connectivity index (χ2v) is 8.31. The lowest BCUT2D eigenvalue weighted by atomic mass is 10.00. The zero-order valence-electron chi connectivity index (χ0n) is 17.5. The third kappa shape index (κ3) is 2.43. The lowest BCUT2D eigenvalue weighted by Gasteiger charge is -2.05. The highest BCUT2D eigenvalue weighted by Gasteiger charge is 2.13.